The van der Waals surface area contributed by atoms with Gasteiger partial charge in [0.25, 0.3) is 0 Å². The Kier molecular flexibility index (Phi) is 3.98. The Morgan fingerprint density at radius 3 is 2.43 bits per heavy atom. The van der Waals surface area contributed by atoms with Gasteiger partial charge in [0.15, 0.2) is 5.78 Å². The van der Waals surface area contributed by atoms with Crippen molar-refractivity contribution in [2.75, 3.05) is 7.11 Å². The Balaban J connectivity index is 2.53. The van der Waals surface area contributed by atoms with Gasteiger partial charge in [0.05, 0.1) is 7.11 Å². The molecule has 1 aromatic carbocycles. The number of carbonyl (C=O) groups is 2. The molecule has 0 atom stereocenters. The number of ketones is 1. The van der Waals surface area contributed by atoms with E-state index in [2.05, 4.69) is 30.1 Å². The van der Waals surface area contributed by atoms with Gasteiger partial charge in [-0.1, -0.05) is 18.2 Å². The van der Waals surface area contributed by atoms with Gasteiger partial charge in [-0.05, 0) is 32.9 Å². The van der Waals surface area contributed by atoms with Crippen LogP contribution in [-0.4, -0.2) is 23.4 Å². The van der Waals surface area contributed by atoms with E-state index < -0.39 is 5.97 Å². The molecule has 4 heteroatoms. The molecule has 0 radical (unpaired) electrons. The lowest BCUT2D eigenvalue weighted by Crippen LogP contribution is -2.20. The Bertz CT molecular complexity index is 717. The van der Waals surface area contributed by atoms with Crippen LogP contribution >= 0.6 is 0 Å². The molecule has 0 unspecified atom stereocenters. The highest BCUT2D eigenvalue weighted by atomic mass is 16.5. The van der Waals surface area contributed by atoms with Crippen LogP contribution < -0.4 is 0 Å². The Morgan fingerprint density at radius 2 is 1.81 bits per heavy atom. The number of carbonyl (C=O) groups excluding carboxylic acids is 2. The van der Waals surface area contributed by atoms with Crippen molar-refractivity contribution in [2.24, 2.45) is 0 Å². The minimum atomic E-state index is -0.539. The maximum Gasteiger partial charge on any atom is 0.330 e. The van der Waals surface area contributed by atoms with E-state index in [4.69, 9.17) is 0 Å². The minimum Gasteiger partial charge on any atom is -0.466 e. The van der Waals surface area contributed by atoms with Crippen LogP contribution in [0.5, 0.6) is 0 Å². The van der Waals surface area contributed by atoms with E-state index in [-0.39, 0.29) is 11.3 Å². The summed E-state index contributed by atoms with van der Waals surface area (Å²) in [7, 11) is 1.28. The molecular formula is C17H19NO3. The molecule has 0 fully saturated rings. The van der Waals surface area contributed by atoms with Crippen molar-refractivity contribution in [3.63, 3.8) is 0 Å². The second-order valence-electron chi connectivity index (χ2n) is 5.82. The number of benzene rings is 1. The fraction of sp³-hybridized carbons (Fsp3) is 0.294. The molecule has 0 aliphatic rings. The third-order valence-corrected chi connectivity index (χ3v) is 3.27. The summed E-state index contributed by atoms with van der Waals surface area (Å²) in [5.74, 6) is -0.748. The predicted octanol–water partition coefficient (Wildman–Crippen LogP) is 3.31. The zero-order valence-corrected chi connectivity index (χ0v) is 12.7. The number of allylic oxidation sites excluding steroid dienone is 1. The molecular weight excluding hydrogens is 266 g/mol. The van der Waals surface area contributed by atoms with E-state index in [1.807, 2.05) is 30.5 Å². The quantitative estimate of drug-likeness (QED) is 0.494. The van der Waals surface area contributed by atoms with Crippen molar-refractivity contribution >= 4 is 22.7 Å². The van der Waals surface area contributed by atoms with Gasteiger partial charge >= 0.3 is 5.97 Å². The molecule has 2 aromatic rings. The number of fused-ring (bicyclic) bond motifs is 1. The maximum absolute atomic E-state index is 12.3. The molecule has 4 nitrogen and oxygen atoms in total. The zero-order chi connectivity index (χ0) is 15.6. The van der Waals surface area contributed by atoms with Crippen molar-refractivity contribution in [3.05, 3.63) is 48.2 Å². The lowest BCUT2D eigenvalue weighted by molar-refractivity contribution is -0.134. The van der Waals surface area contributed by atoms with Gasteiger partial charge in [-0.15, -0.1) is 0 Å². The van der Waals surface area contributed by atoms with Gasteiger partial charge in [-0.25, -0.2) is 4.79 Å². The Labute approximate surface area is 124 Å². The number of rotatable bonds is 3. The summed E-state index contributed by atoms with van der Waals surface area (Å²) >= 11 is 0. The second kappa shape index (κ2) is 5.56. The number of hydrogen-bond donors (Lipinski definition) is 0. The van der Waals surface area contributed by atoms with Crippen LogP contribution in [0.15, 0.2) is 42.6 Å². The molecule has 0 amide bonds. The third-order valence-electron chi connectivity index (χ3n) is 3.27. The van der Waals surface area contributed by atoms with Crippen LogP contribution in [0.2, 0.25) is 0 Å². The topological polar surface area (TPSA) is 48.3 Å². The molecule has 110 valence electrons. The lowest BCUT2D eigenvalue weighted by atomic mass is 10.1. The summed E-state index contributed by atoms with van der Waals surface area (Å²) in [6.45, 7) is 6.24. The van der Waals surface area contributed by atoms with Crippen LogP contribution in [0.25, 0.3) is 10.9 Å². The smallest absolute Gasteiger partial charge is 0.330 e. The number of methoxy groups -OCH3 is 1. The van der Waals surface area contributed by atoms with Crippen LogP contribution in [0.3, 0.4) is 0 Å². The zero-order valence-electron chi connectivity index (χ0n) is 12.7. The Morgan fingerprint density at radius 1 is 1.14 bits per heavy atom. The van der Waals surface area contributed by atoms with Crippen molar-refractivity contribution in [3.8, 4) is 0 Å². The average molecular weight is 285 g/mol. The largest absolute Gasteiger partial charge is 0.466 e. The van der Waals surface area contributed by atoms with Gasteiger partial charge in [-0.2, -0.15) is 0 Å². The number of para-hydroxylation sites is 1. The number of esters is 1. The van der Waals surface area contributed by atoms with Gasteiger partial charge in [-0.3, -0.25) is 4.79 Å². The molecule has 21 heavy (non-hydrogen) atoms. The third kappa shape index (κ3) is 3.05. The van der Waals surface area contributed by atoms with Crippen LogP contribution in [0, 0.1) is 0 Å². The number of aromatic nitrogens is 1. The summed E-state index contributed by atoms with van der Waals surface area (Å²) in [5, 5.41) is 0.881. The van der Waals surface area contributed by atoms with Crippen molar-refractivity contribution in [1.29, 1.82) is 0 Å². The molecule has 0 aliphatic carbocycles. The van der Waals surface area contributed by atoms with E-state index in [9.17, 15) is 9.59 Å². The van der Waals surface area contributed by atoms with Crippen molar-refractivity contribution in [2.45, 2.75) is 26.3 Å². The first-order chi connectivity index (χ1) is 9.84. The van der Waals surface area contributed by atoms with Crippen molar-refractivity contribution in [1.82, 2.24) is 4.57 Å². The molecule has 0 saturated carbocycles. The predicted molar refractivity (Wildman–Crippen MR) is 82.4 cm³/mol. The molecule has 0 N–H and O–H groups in total. The van der Waals surface area contributed by atoms with E-state index >= 15 is 0 Å². The van der Waals surface area contributed by atoms with E-state index in [1.165, 1.54) is 13.2 Å². The highest BCUT2D eigenvalue weighted by Gasteiger charge is 2.20. The summed E-state index contributed by atoms with van der Waals surface area (Å²) in [5.41, 5.74) is 1.45. The Hall–Kier alpha value is -2.36. The van der Waals surface area contributed by atoms with Crippen LogP contribution in [0.4, 0.5) is 0 Å². The first-order valence-electron chi connectivity index (χ1n) is 6.75. The summed E-state index contributed by atoms with van der Waals surface area (Å²) in [6, 6.07) is 7.75. The van der Waals surface area contributed by atoms with Crippen molar-refractivity contribution < 1.29 is 14.3 Å². The molecule has 0 bridgehead atoms. The first kappa shape index (κ1) is 15.0. The molecule has 1 heterocycles. The lowest BCUT2D eigenvalue weighted by Gasteiger charge is -2.22. The molecule has 1 aromatic heterocycles. The second-order valence-corrected chi connectivity index (χ2v) is 5.82. The van der Waals surface area contributed by atoms with Gasteiger partial charge < -0.3 is 9.30 Å². The summed E-state index contributed by atoms with van der Waals surface area (Å²) in [4.78, 5) is 23.4. The summed E-state index contributed by atoms with van der Waals surface area (Å²) in [6.07, 6.45) is 4.24. The fourth-order valence-electron chi connectivity index (χ4n) is 2.23. The highest BCUT2D eigenvalue weighted by Crippen LogP contribution is 2.27. The number of ether oxygens (including phenoxy) is 1. The molecule has 0 saturated heterocycles. The highest BCUT2D eigenvalue weighted by molar-refractivity contribution is 6.14. The van der Waals surface area contributed by atoms with Crippen LogP contribution in [0.1, 0.15) is 31.1 Å². The van der Waals surface area contributed by atoms with E-state index in [1.54, 1.807) is 0 Å². The number of nitrogens with zero attached hydrogens (tertiary/aromatic N) is 1. The summed E-state index contributed by atoms with van der Waals surface area (Å²) < 4.78 is 6.57. The van der Waals surface area contributed by atoms with E-state index in [0.29, 0.717) is 5.56 Å². The first-order valence-corrected chi connectivity index (χ1v) is 6.75. The monoisotopic (exact) mass is 285 g/mol. The molecule has 0 aliphatic heterocycles. The SMILES string of the molecule is COC(=O)/C=C/C(=O)c1cn(C(C)(C)C)c2ccccc12. The number of hydrogen-bond acceptors (Lipinski definition) is 3. The minimum absolute atomic E-state index is 0.135. The van der Waals surface area contributed by atoms with Gasteiger partial charge in [0, 0.05) is 34.3 Å². The fourth-order valence-corrected chi connectivity index (χ4v) is 2.23. The average Bonchev–Trinajstić information content (AvgIpc) is 2.84. The van der Waals surface area contributed by atoms with E-state index in [0.717, 1.165) is 17.0 Å². The standard InChI is InChI=1S/C17H19NO3/c1-17(2,3)18-11-13(12-7-5-6-8-14(12)18)15(19)9-10-16(20)21-4/h5-11H,1-4H3/b10-9+. The maximum atomic E-state index is 12.3. The van der Waals surface area contributed by atoms with Crippen LogP contribution in [-0.2, 0) is 15.1 Å². The molecule has 0 spiro atoms. The molecule has 2 rings (SSSR count). The van der Waals surface area contributed by atoms with Gasteiger partial charge in [0.1, 0.15) is 0 Å². The normalized spacial score (nSPS) is 12.0. The van der Waals surface area contributed by atoms with Gasteiger partial charge in [0.2, 0.25) is 0 Å².